The summed E-state index contributed by atoms with van der Waals surface area (Å²) < 4.78 is 59.4. The molecule has 0 heterocycles. The molecule has 0 bridgehead atoms. The van der Waals surface area contributed by atoms with Crippen LogP contribution >= 0.6 is 11.6 Å². The van der Waals surface area contributed by atoms with Gasteiger partial charge in [-0.2, -0.15) is 17.6 Å². The Morgan fingerprint density at radius 1 is 1.09 bits per heavy atom. The van der Waals surface area contributed by atoms with Gasteiger partial charge in [-0.1, -0.05) is 11.6 Å². The third kappa shape index (κ3) is 0.635. The summed E-state index contributed by atoms with van der Waals surface area (Å²) in [4.78, 5) is 9.88. The molecule has 0 aromatic carbocycles. The van der Waals surface area contributed by atoms with Crippen molar-refractivity contribution >= 4 is 17.4 Å². The normalized spacial score (nSPS) is 40.0. The molecular formula is C4ClF5O. The van der Waals surface area contributed by atoms with Gasteiger partial charge in [-0.15, -0.1) is 0 Å². The molecule has 1 fully saturated rings. The van der Waals surface area contributed by atoms with Gasteiger partial charge in [-0.3, -0.25) is 4.79 Å². The Morgan fingerprint density at radius 2 is 1.45 bits per heavy atom. The predicted molar refractivity (Wildman–Crippen MR) is 24.6 cm³/mol. The number of alkyl halides is 6. The van der Waals surface area contributed by atoms with Crippen LogP contribution in [0.5, 0.6) is 0 Å². The summed E-state index contributed by atoms with van der Waals surface area (Å²) in [5.41, 5.74) is 0. The Labute approximate surface area is 62.1 Å². The van der Waals surface area contributed by atoms with Crippen LogP contribution in [0.15, 0.2) is 0 Å². The fourth-order valence-corrected chi connectivity index (χ4v) is 0.854. The molecule has 0 N–H and O–H groups in total. The third-order valence-electron chi connectivity index (χ3n) is 1.36. The Balaban J connectivity index is 3.08. The Bertz CT molecular complexity index is 203. The fourth-order valence-electron chi connectivity index (χ4n) is 0.617. The van der Waals surface area contributed by atoms with Crippen molar-refractivity contribution in [3.63, 3.8) is 0 Å². The number of ketones is 1. The van der Waals surface area contributed by atoms with Crippen LogP contribution in [0.3, 0.4) is 0 Å². The van der Waals surface area contributed by atoms with Gasteiger partial charge in [-0.25, -0.2) is 4.39 Å². The van der Waals surface area contributed by atoms with Crippen molar-refractivity contribution in [2.24, 2.45) is 0 Å². The zero-order valence-electron chi connectivity index (χ0n) is 4.68. The first-order valence-electron chi connectivity index (χ1n) is 2.34. The summed E-state index contributed by atoms with van der Waals surface area (Å²) in [5.74, 6) is -12.7. The lowest BCUT2D eigenvalue weighted by molar-refractivity contribution is -0.287. The zero-order chi connectivity index (χ0) is 9.08. The second-order valence-corrected chi connectivity index (χ2v) is 2.57. The minimum absolute atomic E-state index is 2.59. The van der Waals surface area contributed by atoms with Crippen molar-refractivity contribution in [1.29, 1.82) is 0 Å². The van der Waals surface area contributed by atoms with Gasteiger partial charge in [0.1, 0.15) is 0 Å². The number of carbonyl (C=O) groups excluding carboxylic acids is 1. The highest BCUT2D eigenvalue weighted by Crippen LogP contribution is 2.58. The first kappa shape index (κ1) is 8.70. The highest BCUT2D eigenvalue weighted by molar-refractivity contribution is 6.39. The van der Waals surface area contributed by atoms with Gasteiger partial charge in [0.05, 0.1) is 0 Å². The molecule has 0 aliphatic heterocycles. The number of carbonyl (C=O) groups is 1. The minimum Gasteiger partial charge on any atom is -0.287 e. The Hall–Kier alpha value is -0.390. The Morgan fingerprint density at radius 3 is 1.55 bits per heavy atom. The van der Waals surface area contributed by atoms with E-state index < -0.39 is 22.8 Å². The fraction of sp³-hybridized carbons (Fsp3) is 0.750. The monoisotopic (exact) mass is 194 g/mol. The van der Waals surface area contributed by atoms with E-state index in [1.165, 1.54) is 0 Å². The molecule has 0 aromatic heterocycles. The van der Waals surface area contributed by atoms with Gasteiger partial charge in [0.2, 0.25) is 0 Å². The molecule has 11 heavy (non-hydrogen) atoms. The molecule has 1 aliphatic rings. The molecule has 0 aromatic rings. The molecule has 1 atom stereocenters. The van der Waals surface area contributed by atoms with E-state index in [0.717, 1.165) is 0 Å². The molecule has 0 radical (unpaired) electrons. The minimum atomic E-state index is -5.10. The lowest BCUT2D eigenvalue weighted by Gasteiger charge is -2.42. The quantitative estimate of drug-likeness (QED) is 0.424. The highest BCUT2D eigenvalue weighted by atomic mass is 35.5. The number of hydrogen-bond donors (Lipinski definition) is 0. The van der Waals surface area contributed by atoms with Gasteiger partial charge in [0, 0.05) is 0 Å². The maximum absolute atomic E-state index is 12.1. The zero-order valence-corrected chi connectivity index (χ0v) is 5.43. The maximum atomic E-state index is 12.1. The lowest BCUT2D eigenvalue weighted by atomic mass is 9.84. The maximum Gasteiger partial charge on any atom is 0.377 e. The van der Waals surface area contributed by atoms with Crippen LogP contribution in [0, 0.1) is 0 Å². The molecule has 1 rings (SSSR count). The van der Waals surface area contributed by atoms with Gasteiger partial charge in [0.25, 0.3) is 5.78 Å². The smallest absolute Gasteiger partial charge is 0.287 e. The molecule has 1 saturated carbocycles. The molecule has 64 valence electrons. The summed E-state index contributed by atoms with van der Waals surface area (Å²) in [6.45, 7) is 0. The summed E-state index contributed by atoms with van der Waals surface area (Å²) in [7, 11) is 0. The average molecular weight is 194 g/mol. The van der Waals surface area contributed by atoms with Crippen LogP contribution < -0.4 is 0 Å². The van der Waals surface area contributed by atoms with E-state index in [1.54, 1.807) is 0 Å². The molecule has 7 heteroatoms. The van der Waals surface area contributed by atoms with Gasteiger partial charge in [0.15, 0.2) is 0 Å². The van der Waals surface area contributed by atoms with E-state index >= 15 is 0 Å². The van der Waals surface area contributed by atoms with Crippen LogP contribution in [0.4, 0.5) is 22.0 Å². The predicted octanol–water partition coefficient (Wildman–Crippen LogP) is 1.74. The topological polar surface area (TPSA) is 17.1 Å². The summed E-state index contributed by atoms with van der Waals surface area (Å²) >= 11 is 4.18. The summed E-state index contributed by atoms with van der Waals surface area (Å²) in [6, 6.07) is 0. The number of Topliss-reactive ketones (excluding diaryl/α,β-unsaturated/α-hetero) is 1. The summed E-state index contributed by atoms with van der Waals surface area (Å²) in [5, 5.41) is -4.24. The van der Waals surface area contributed by atoms with Crippen molar-refractivity contribution < 1.29 is 26.7 Å². The van der Waals surface area contributed by atoms with Crippen LogP contribution in [-0.2, 0) is 4.79 Å². The van der Waals surface area contributed by atoms with Crippen LogP contribution in [0.2, 0.25) is 0 Å². The van der Waals surface area contributed by atoms with E-state index in [2.05, 4.69) is 11.6 Å². The van der Waals surface area contributed by atoms with Gasteiger partial charge < -0.3 is 0 Å². The van der Waals surface area contributed by atoms with Gasteiger partial charge in [-0.05, 0) is 0 Å². The van der Waals surface area contributed by atoms with Crippen LogP contribution in [-0.4, -0.2) is 22.8 Å². The van der Waals surface area contributed by atoms with Gasteiger partial charge >= 0.3 is 17.0 Å². The molecule has 1 unspecified atom stereocenters. The van der Waals surface area contributed by atoms with E-state index in [1.807, 2.05) is 0 Å². The second kappa shape index (κ2) is 1.68. The van der Waals surface area contributed by atoms with E-state index in [4.69, 9.17) is 0 Å². The van der Waals surface area contributed by atoms with E-state index in [0.29, 0.717) is 0 Å². The van der Waals surface area contributed by atoms with Crippen molar-refractivity contribution in [2.75, 3.05) is 0 Å². The van der Waals surface area contributed by atoms with Crippen LogP contribution in [0.25, 0.3) is 0 Å². The van der Waals surface area contributed by atoms with E-state index in [9.17, 15) is 26.7 Å². The highest BCUT2D eigenvalue weighted by Gasteiger charge is 2.89. The SMILES string of the molecule is O=C1C(F)(F)C(F)(F)C1(F)Cl. The largest absolute Gasteiger partial charge is 0.377 e. The molecule has 1 nitrogen and oxygen atoms in total. The van der Waals surface area contributed by atoms with Crippen LogP contribution in [0.1, 0.15) is 0 Å². The second-order valence-electron chi connectivity index (χ2n) is 2.05. The third-order valence-corrected chi connectivity index (χ3v) is 1.77. The first-order chi connectivity index (χ1) is 4.65. The standard InChI is InChI=1S/C4ClF5O/c5-2(6)1(11)3(7,8)4(2,9)10. The number of halogens is 6. The molecule has 0 spiro atoms. The summed E-state index contributed by atoms with van der Waals surface area (Å²) in [6.07, 6.45) is 0. The molecule has 1 aliphatic carbocycles. The molecule has 0 saturated heterocycles. The van der Waals surface area contributed by atoms with Crippen molar-refractivity contribution in [2.45, 2.75) is 17.0 Å². The Kier molecular flexibility index (Phi) is 1.33. The number of rotatable bonds is 0. The van der Waals surface area contributed by atoms with Crippen molar-refractivity contribution in [3.05, 3.63) is 0 Å². The number of hydrogen-bond acceptors (Lipinski definition) is 1. The molecular weight excluding hydrogens is 194 g/mol. The van der Waals surface area contributed by atoms with Crippen molar-refractivity contribution in [3.8, 4) is 0 Å². The average Bonchev–Trinajstić information content (AvgIpc) is 1.84. The molecule has 0 amide bonds. The first-order valence-corrected chi connectivity index (χ1v) is 2.72. The lowest BCUT2D eigenvalue weighted by Crippen LogP contribution is -2.75. The van der Waals surface area contributed by atoms with E-state index in [-0.39, 0.29) is 0 Å². The van der Waals surface area contributed by atoms with Crippen molar-refractivity contribution in [1.82, 2.24) is 0 Å².